The first-order chi connectivity index (χ1) is 7.58. The molecule has 0 heterocycles. The lowest BCUT2D eigenvalue weighted by Gasteiger charge is -2.14. The van der Waals surface area contributed by atoms with E-state index in [2.05, 4.69) is 0 Å². The van der Waals surface area contributed by atoms with Gasteiger partial charge < -0.3 is 15.2 Å². The van der Waals surface area contributed by atoms with Crippen LogP contribution < -0.4 is 15.2 Å². The first-order valence-corrected chi connectivity index (χ1v) is 5.71. The second-order valence-electron chi connectivity index (χ2n) is 3.72. The average molecular weight is 244 g/mol. The third-order valence-electron chi connectivity index (χ3n) is 2.14. The quantitative estimate of drug-likeness (QED) is 0.865. The molecule has 0 aromatic heterocycles. The molecule has 0 spiro atoms. The zero-order chi connectivity index (χ0) is 12.1. The highest BCUT2D eigenvalue weighted by molar-refractivity contribution is 6.32. The number of benzene rings is 1. The fourth-order valence-electron chi connectivity index (χ4n) is 1.55. The van der Waals surface area contributed by atoms with Gasteiger partial charge in [0.05, 0.1) is 18.7 Å². The van der Waals surface area contributed by atoms with Gasteiger partial charge in [-0.05, 0) is 38.0 Å². The normalized spacial score (nSPS) is 12.3. The highest BCUT2D eigenvalue weighted by Gasteiger charge is 2.12. The molecule has 0 radical (unpaired) electrons. The summed E-state index contributed by atoms with van der Waals surface area (Å²) in [6.45, 7) is 4.42. The molecule has 4 heteroatoms. The fraction of sp³-hybridized carbons (Fsp3) is 0.500. The average Bonchev–Trinajstić information content (AvgIpc) is 2.20. The Balaban J connectivity index is 3.05. The van der Waals surface area contributed by atoms with Crippen LogP contribution in [0.5, 0.6) is 11.5 Å². The van der Waals surface area contributed by atoms with Gasteiger partial charge in [0.15, 0.2) is 11.5 Å². The van der Waals surface area contributed by atoms with Crippen LogP contribution in [0.2, 0.25) is 5.02 Å². The van der Waals surface area contributed by atoms with Crippen molar-refractivity contribution in [2.75, 3.05) is 13.7 Å². The molecular weight excluding hydrogens is 226 g/mol. The van der Waals surface area contributed by atoms with Crippen LogP contribution in [-0.2, 0) is 6.42 Å². The summed E-state index contributed by atoms with van der Waals surface area (Å²) < 4.78 is 10.7. The summed E-state index contributed by atoms with van der Waals surface area (Å²) in [6.07, 6.45) is 0.766. The van der Waals surface area contributed by atoms with Crippen LogP contribution in [0.4, 0.5) is 0 Å². The molecule has 0 amide bonds. The Morgan fingerprint density at radius 2 is 2.12 bits per heavy atom. The Kier molecular flexibility index (Phi) is 4.90. The number of hydrogen-bond donors (Lipinski definition) is 1. The van der Waals surface area contributed by atoms with Gasteiger partial charge in [-0.3, -0.25) is 0 Å². The molecule has 1 aromatic carbocycles. The second kappa shape index (κ2) is 5.97. The van der Waals surface area contributed by atoms with E-state index in [0.717, 1.165) is 12.0 Å². The fourth-order valence-corrected chi connectivity index (χ4v) is 1.84. The number of hydrogen-bond acceptors (Lipinski definition) is 3. The molecule has 0 aliphatic heterocycles. The van der Waals surface area contributed by atoms with Gasteiger partial charge in [0.2, 0.25) is 0 Å². The van der Waals surface area contributed by atoms with Gasteiger partial charge in [-0.2, -0.15) is 0 Å². The van der Waals surface area contributed by atoms with Crippen molar-refractivity contribution in [1.29, 1.82) is 0 Å². The third-order valence-corrected chi connectivity index (χ3v) is 2.42. The van der Waals surface area contributed by atoms with Crippen LogP contribution in [0, 0.1) is 0 Å². The smallest absolute Gasteiger partial charge is 0.179 e. The van der Waals surface area contributed by atoms with Gasteiger partial charge >= 0.3 is 0 Å². The van der Waals surface area contributed by atoms with Gasteiger partial charge in [-0.15, -0.1) is 0 Å². The third kappa shape index (κ3) is 3.29. The molecule has 2 N–H and O–H groups in total. The van der Waals surface area contributed by atoms with Crippen LogP contribution in [0.15, 0.2) is 12.1 Å². The molecule has 1 atom stereocenters. The highest BCUT2D eigenvalue weighted by atomic mass is 35.5. The molecule has 0 aliphatic carbocycles. The molecule has 0 saturated carbocycles. The molecule has 16 heavy (non-hydrogen) atoms. The number of ether oxygens (including phenoxy) is 2. The largest absolute Gasteiger partial charge is 0.493 e. The van der Waals surface area contributed by atoms with Crippen molar-refractivity contribution in [2.45, 2.75) is 26.3 Å². The molecule has 3 nitrogen and oxygen atoms in total. The van der Waals surface area contributed by atoms with Gasteiger partial charge in [0, 0.05) is 6.04 Å². The van der Waals surface area contributed by atoms with Crippen molar-refractivity contribution in [2.24, 2.45) is 5.73 Å². The summed E-state index contributed by atoms with van der Waals surface area (Å²) >= 11 is 6.13. The lowest BCUT2D eigenvalue weighted by atomic mass is 10.1. The minimum atomic E-state index is 0.0960. The second-order valence-corrected chi connectivity index (χ2v) is 4.13. The number of halogens is 1. The summed E-state index contributed by atoms with van der Waals surface area (Å²) in [5.41, 5.74) is 6.80. The number of methoxy groups -OCH3 is 1. The molecular formula is C12H18ClNO2. The van der Waals surface area contributed by atoms with E-state index < -0.39 is 0 Å². The van der Waals surface area contributed by atoms with Crippen LogP contribution >= 0.6 is 11.6 Å². The van der Waals surface area contributed by atoms with E-state index >= 15 is 0 Å². The molecule has 0 aliphatic rings. The zero-order valence-corrected chi connectivity index (χ0v) is 10.7. The Labute approximate surface area is 101 Å². The summed E-state index contributed by atoms with van der Waals surface area (Å²) in [6, 6.07) is 3.89. The predicted molar refractivity (Wildman–Crippen MR) is 66.5 cm³/mol. The van der Waals surface area contributed by atoms with E-state index in [9.17, 15) is 0 Å². The van der Waals surface area contributed by atoms with Crippen molar-refractivity contribution in [1.82, 2.24) is 0 Å². The summed E-state index contributed by atoms with van der Waals surface area (Å²) in [4.78, 5) is 0. The Hall–Kier alpha value is -0.930. The van der Waals surface area contributed by atoms with Crippen molar-refractivity contribution in [3.05, 3.63) is 22.7 Å². The SMILES string of the molecule is CCOc1c(Cl)cc(CC(C)N)cc1OC. The minimum absolute atomic E-state index is 0.0960. The number of rotatable bonds is 5. The van der Waals surface area contributed by atoms with Crippen LogP contribution in [0.1, 0.15) is 19.4 Å². The molecule has 0 saturated heterocycles. The first-order valence-electron chi connectivity index (χ1n) is 5.33. The lowest BCUT2D eigenvalue weighted by Crippen LogP contribution is -2.17. The molecule has 1 unspecified atom stereocenters. The van der Waals surface area contributed by atoms with Gasteiger partial charge in [0.25, 0.3) is 0 Å². The molecule has 1 aromatic rings. The maximum atomic E-state index is 6.13. The van der Waals surface area contributed by atoms with E-state index in [1.165, 1.54) is 0 Å². The van der Waals surface area contributed by atoms with Crippen molar-refractivity contribution < 1.29 is 9.47 Å². The monoisotopic (exact) mass is 243 g/mol. The molecule has 0 fully saturated rings. The van der Waals surface area contributed by atoms with Crippen molar-refractivity contribution >= 4 is 11.6 Å². The number of nitrogens with two attached hydrogens (primary N) is 1. The summed E-state index contributed by atoms with van der Waals surface area (Å²) in [7, 11) is 1.60. The van der Waals surface area contributed by atoms with Crippen molar-refractivity contribution in [3.8, 4) is 11.5 Å². The molecule has 1 rings (SSSR count). The zero-order valence-electron chi connectivity index (χ0n) is 9.92. The van der Waals surface area contributed by atoms with Crippen LogP contribution in [0.25, 0.3) is 0 Å². The Bertz CT molecular complexity index is 353. The van der Waals surface area contributed by atoms with Crippen molar-refractivity contribution in [3.63, 3.8) is 0 Å². The van der Waals surface area contributed by atoms with E-state index in [0.29, 0.717) is 23.1 Å². The topological polar surface area (TPSA) is 44.5 Å². The first kappa shape index (κ1) is 13.1. The van der Waals surface area contributed by atoms with E-state index in [1.54, 1.807) is 7.11 Å². The molecule has 0 bridgehead atoms. The van der Waals surface area contributed by atoms with Crippen LogP contribution in [0.3, 0.4) is 0 Å². The molecule has 90 valence electrons. The summed E-state index contributed by atoms with van der Waals surface area (Å²) in [5, 5.41) is 0.567. The predicted octanol–water partition coefficient (Wildman–Crippen LogP) is 2.64. The van der Waals surface area contributed by atoms with E-state index in [-0.39, 0.29) is 6.04 Å². The van der Waals surface area contributed by atoms with Gasteiger partial charge in [-0.1, -0.05) is 11.6 Å². The Morgan fingerprint density at radius 3 is 2.62 bits per heavy atom. The minimum Gasteiger partial charge on any atom is -0.493 e. The van der Waals surface area contributed by atoms with E-state index in [1.807, 2.05) is 26.0 Å². The van der Waals surface area contributed by atoms with Crippen LogP contribution in [-0.4, -0.2) is 19.8 Å². The maximum Gasteiger partial charge on any atom is 0.179 e. The Morgan fingerprint density at radius 1 is 1.44 bits per heavy atom. The van der Waals surface area contributed by atoms with Gasteiger partial charge in [0.1, 0.15) is 0 Å². The van der Waals surface area contributed by atoms with Gasteiger partial charge in [-0.25, -0.2) is 0 Å². The standard InChI is InChI=1S/C12H18ClNO2/c1-4-16-12-10(13)6-9(5-8(2)14)7-11(12)15-3/h6-8H,4-5,14H2,1-3H3. The highest BCUT2D eigenvalue weighted by Crippen LogP contribution is 2.36. The lowest BCUT2D eigenvalue weighted by molar-refractivity contribution is 0.311. The summed E-state index contributed by atoms with van der Waals surface area (Å²) in [5.74, 6) is 1.25. The maximum absolute atomic E-state index is 6.13. The van der Waals surface area contributed by atoms with E-state index in [4.69, 9.17) is 26.8 Å².